The summed E-state index contributed by atoms with van der Waals surface area (Å²) in [5.41, 5.74) is 9.09. The molecule has 0 aromatic carbocycles. The molecule has 0 bridgehead atoms. The lowest BCUT2D eigenvalue weighted by molar-refractivity contribution is 0.0469. The lowest BCUT2D eigenvalue weighted by atomic mass is 9.68. The standard InChI is InChI=1S/C23H39NO2/c1-3-4-5-6-7-8-21-13-18-9-11-22(2,14-19(18)16-26-21)20-10-12-23(24,15-20)17-25/h9,14,20-21,25H,3-8,10-13,15-17,24H2,1-2H3/t20-,21-,22?,23+/m0/s1. The van der Waals surface area contributed by atoms with Gasteiger partial charge in [0.1, 0.15) is 0 Å². The predicted octanol–water partition coefficient (Wildman–Crippen LogP) is 4.89. The number of nitrogens with two attached hydrogens (primary N) is 1. The molecule has 1 aliphatic heterocycles. The van der Waals surface area contributed by atoms with E-state index < -0.39 is 0 Å². The fourth-order valence-corrected chi connectivity index (χ4v) is 5.19. The third-order valence-electron chi connectivity index (χ3n) is 7.15. The second-order valence-corrected chi connectivity index (χ2v) is 9.41. The van der Waals surface area contributed by atoms with Gasteiger partial charge in [-0.05, 0) is 61.0 Å². The highest BCUT2D eigenvalue weighted by Gasteiger charge is 2.44. The Kier molecular flexibility index (Phi) is 6.63. The second kappa shape index (κ2) is 8.58. The Bertz CT molecular complexity index is 540. The van der Waals surface area contributed by atoms with Crippen LogP contribution in [0.5, 0.6) is 0 Å². The topological polar surface area (TPSA) is 55.5 Å². The number of fused-ring (bicyclic) bond motifs is 1. The maximum atomic E-state index is 9.59. The molecule has 26 heavy (non-hydrogen) atoms. The normalized spacial score (nSPS) is 37.2. The molecule has 3 rings (SSSR count). The smallest absolute Gasteiger partial charge is 0.0720 e. The van der Waals surface area contributed by atoms with Crippen LogP contribution in [-0.2, 0) is 4.74 Å². The fourth-order valence-electron chi connectivity index (χ4n) is 5.19. The zero-order valence-corrected chi connectivity index (χ0v) is 16.9. The van der Waals surface area contributed by atoms with E-state index >= 15 is 0 Å². The number of allylic oxidation sites excluding steroid dienone is 2. The van der Waals surface area contributed by atoms with Crippen molar-refractivity contribution in [3.8, 4) is 0 Å². The molecule has 4 atom stereocenters. The summed E-state index contributed by atoms with van der Waals surface area (Å²) in [5, 5.41) is 9.59. The molecular formula is C23H39NO2. The highest BCUT2D eigenvalue weighted by atomic mass is 16.5. The first-order valence-electron chi connectivity index (χ1n) is 10.9. The van der Waals surface area contributed by atoms with Gasteiger partial charge in [-0.3, -0.25) is 0 Å². The van der Waals surface area contributed by atoms with Crippen LogP contribution in [0.4, 0.5) is 0 Å². The zero-order chi connectivity index (χ0) is 18.6. The third-order valence-corrected chi connectivity index (χ3v) is 7.15. The van der Waals surface area contributed by atoms with Crippen LogP contribution in [0.1, 0.15) is 84.5 Å². The van der Waals surface area contributed by atoms with Gasteiger partial charge in [0.15, 0.2) is 0 Å². The monoisotopic (exact) mass is 361 g/mol. The molecule has 3 aliphatic rings. The molecule has 1 saturated heterocycles. The van der Waals surface area contributed by atoms with Crippen molar-refractivity contribution in [1.29, 1.82) is 0 Å². The van der Waals surface area contributed by atoms with Gasteiger partial charge in [0.05, 0.1) is 19.3 Å². The highest BCUT2D eigenvalue weighted by molar-refractivity contribution is 5.39. The van der Waals surface area contributed by atoms with Gasteiger partial charge >= 0.3 is 0 Å². The molecule has 1 heterocycles. The molecule has 0 radical (unpaired) electrons. The van der Waals surface area contributed by atoms with E-state index in [1.54, 1.807) is 0 Å². The van der Waals surface area contributed by atoms with E-state index in [0.29, 0.717) is 12.0 Å². The van der Waals surface area contributed by atoms with Gasteiger partial charge in [-0.1, -0.05) is 58.1 Å². The molecule has 2 aliphatic carbocycles. The van der Waals surface area contributed by atoms with Crippen LogP contribution in [0, 0.1) is 11.3 Å². The van der Waals surface area contributed by atoms with Crippen LogP contribution >= 0.6 is 0 Å². The Morgan fingerprint density at radius 1 is 1.23 bits per heavy atom. The fraction of sp³-hybridized carbons (Fsp3) is 0.826. The Morgan fingerprint density at radius 2 is 2.04 bits per heavy atom. The van der Waals surface area contributed by atoms with Crippen molar-refractivity contribution in [3.63, 3.8) is 0 Å². The van der Waals surface area contributed by atoms with Crippen molar-refractivity contribution in [1.82, 2.24) is 0 Å². The highest BCUT2D eigenvalue weighted by Crippen LogP contribution is 2.50. The van der Waals surface area contributed by atoms with Crippen molar-refractivity contribution in [2.75, 3.05) is 13.2 Å². The number of hydrogen-bond donors (Lipinski definition) is 2. The lowest BCUT2D eigenvalue weighted by Crippen LogP contribution is -2.42. The molecule has 0 amide bonds. The number of aliphatic hydroxyl groups excluding tert-OH is 1. The van der Waals surface area contributed by atoms with Crippen LogP contribution in [-0.4, -0.2) is 30.0 Å². The number of unbranched alkanes of at least 4 members (excludes halogenated alkanes) is 4. The van der Waals surface area contributed by atoms with Crippen LogP contribution in [0.2, 0.25) is 0 Å². The molecule has 0 aromatic heterocycles. The first kappa shape index (κ1) is 20.1. The van der Waals surface area contributed by atoms with Gasteiger partial charge < -0.3 is 15.6 Å². The summed E-state index contributed by atoms with van der Waals surface area (Å²) < 4.78 is 6.20. The van der Waals surface area contributed by atoms with Gasteiger partial charge in [0.25, 0.3) is 0 Å². The minimum Gasteiger partial charge on any atom is -0.394 e. The van der Waals surface area contributed by atoms with Gasteiger partial charge in [0.2, 0.25) is 0 Å². The third kappa shape index (κ3) is 4.61. The van der Waals surface area contributed by atoms with E-state index in [0.717, 1.165) is 38.7 Å². The van der Waals surface area contributed by atoms with Crippen LogP contribution in [0.25, 0.3) is 0 Å². The summed E-state index contributed by atoms with van der Waals surface area (Å²) in [6, 6.07) is 0. The van der Waals surface area contributed by atoms with Crippen molar-refractivity contribution in [2.24, 2.45) is 17.1 Å². The molecule has 148 valence electrons. The average molecular weight is 362 g/mol. The second-order valence-electron chi connectivity index (χ2n) is 9.41. The molecule has 1 saturated carbocycles. The molecule has 0 aromatic rings. The van der Waals surface area contributed by atoms with Gasteiger partial charge in [0, 0.05) is 5.54 Å². The molecule has 3 nitrogen and oxygen atoms in total. The first-order chi connectivity index (χ1) is 12.5. The first-order valence-corrected chi connectivity index (χ1v) is 10.9. The molecule has 3 N–H and O–H groups in total. The molecule has 1 unspecified atom stereocenters. The summed E-state index contributed by atoms with van der Waals surface area (Å²) in [4.78, 5) is 0. The lowest BCUT2D eigenvalue weighted by Gasteiger charge is -2.39. The minimum absolute atomic E-state index is 0.111. The molecular weight excluding hydrogens is 322 g/mol. The largest absolute Gasteiger partial charge is 0.394 e. The number of aliphatic hydroxyl groups is 1. The SMILES string of the molecule is CCCCCCC[C@H]1CC2=CCC(C)([C@H]3CC[C@](N)(CO)C3)C=C2CO1. The molecule has 0 spiro atoms. The summed E-state index contributed by atoms with van der Waals surface area (Å²) in [6.45, 7) is 5.53. The summed E-state index contributed by atoms with van der Waals surface area (Å²) in [6.07, 6.45) is 18.5. The average Bonchev–Trinajstić information content (AvgIpc) is 3.05. The summed E-state index contributed by atoms with van der Waals surface area (Å²) in [5.74, 6) is 0.571. The van der Waals surface area contributed by atoms with Crippen LogP contribution in [0.15, 0.2) is 23.3 Å². The van der Waals surface area contributed by atoms with E-state index in [4.69, 9.17) is 10.5 Å². The van der Waals surface area contributed by atoms with E-state index in [1.807, 2.05) is 0 Å². The van der Waals surface area contributed by atoms with Crippen molar-refractivity contribution in [3.05, 3.63) is 23.3 Å². The minimum atomic E-state index is -0.359. The predicted molar refractivity (Wildman–Crippen MR) is 108 cm³/mol. The molecule has 3 heteroatoms. The van der Waals surface area contributed by atoms with Crippen molar-refractivity contribution < 1.29 is 9.84 Å². The Balaban J connectivity index is 1.52. The quantitative estimate of drug-likeness (QED) is 0.605. The Labute approximate surface area is 160 Å². The maximum Gasteiger partial charge on any atom is 0.0720 e. The number of hydrogen-bond acceptors (Lipinski definition) is 3. The van der Waals surface area contributed by atoms with Crippen molar-refractivity contribution in [2.45, 2.75) is 96.1 Å². The molecule has 2 fully saturated rings. The number of rotatable bonds is 8. The number of ether oxygens (including phenoxy) is 1. The Hall–Kier alpha value is -0.640. The van der Waals surface area contributed by atoms with E-state index in [1.165, 1.54) is 49.7 Å². The van der Waals surface area contributed by atoms with Crippen molar-refractivity contribution >= 4 is 0 Å². The summed E-state index contributed by atoms with van der Waals surface area (Å²) >= 11 is 0. The summed E-state index contributed by atoms with van der Waals surface area (Å²) in [7, 11) is 0. The van der Waals surface area contributed by atoms with Gasteiger partial charge in [-0.15, -0.1) is 0 Å². The van der Waals surface area contributed by atoms with Crippen LogP contribution in [0.3, 0.4) is 0 Å². The maximum absolute atomic E-state index is 9.59. The zero-order valence-electron chi connectivity index (χ0n) is 16.9. The van der Waals surface area contributed by atoms with Gasteiger partial charge in [-0.25, -0.2) is 0 Å². The van der Waals surface area contributed by atoms with E-state index in [9.17, 15) is 5.11 Å². The van der Waals surface area contributed by atoms with Gasteiger partial charge in [-0.2, -0.15) is 0 Å². The van der Waals surface area contributed by atoms with E-state index in [-0.39, 0.29) is 17.6 Å². The van der Waals surface area contributed by atoms with E-state index in [2.05, 4.69) is 26.0 Å². The Morgan fingerprint density at radius 3 is 2.77 bits per heavy atom. The van der Waals surface area contributed by atoms with Crippen LogP contribution < -0.4 is 5.73 Å².